The molecule has 80 valence electrons. The maximum Gasteiger partial charge on any atom is 0.229 e. The zero-order valence-corrected chi connectivity index (χ0v) is 10.4. The summed E-state index contributed by atoms with van der Waals surface area (Å²) in [6, 6.07) is 7.76. The van der Waals surface area contributed by atoms with Gasteiger partial charge in [0.2, 0.25) is 5.91 Å². The molecule has 0 radical (unpaired) electrons. The molecule has 1 aromatic rings. The number of benzene rings is 1. The first-order chi connectivity index (χ1) is 7.27. The Morgan fingerprint density at radius 1 is 1.47 bits per heavy atom. The summed E-state index contributed by atoms with van der Waals surface area (Å²) in [4.78, 5) is 11.8. The van der Waals surface area contributed by atoms with Crippen LogP contribution >= 0.6 is 22.6 Å². The number of hydrogen-bond donors (Lipinski definition) is 1. The second-order valence-corrected chi connectivity index (χ2v) is 4.69. The fraction of sp³-hybridized carbons (Fsp3) is 0.364. The van der Waals surface area contributed by atoms with Crippen molar-refractivity contribution in [2.24, 2.45) is 5.92 Å². The van der Waals surface area contributed by atoms with Crippen LogP contribution in [0.3, 0.4) is 0 Å². The lowest BCUT2D eigenvalue weighted by Crippen LogP contribution is -2.23. The Morgan fingerprint density at radius 3 is 2.93 bits per heavy atom. The van der Waals surface area contributed by atoms with Gasteiger partial charge in [-0.2, -0.15) is 0 Å². The molecule has 1 aliphatic rings. The molecule has 1 aromatic carbocycles. The zero-order valence-electron chi connectivity index (χ0n) is 8.20. The minimum absolute atomic E-state index is 0.0148. The van der Waals surface area contributed by atoms with Crippen LogP contribution in [0.4, 0.5) is 5.69 Å². The van der Waals surface area contributed by atoms with E-state index in [-0.39, 0.29) is 11.8 Å². The van der Waals surface area contributed by atoms with E-state index in [4.69, 9.17) is 4.74 Å². The Balaban J connectivity index is 2.02. The molecular weight excluding hydrogens is 305 g/mol. The third-order valence-electron chi connectivity index (χ3n) is 2.43. The fourth-order valence-corrected chi connectivity index (χ4v) is 2.06. The van der Waals surface area contributed by atoms with Gasteiger partial charge in [-0.15, -0.1) is 0 Å². The van der Waals surface area contributed by atoms with E-state index in [0.29, 0.717) is 13.2 Å². The van der Waals surface area contributed by atoms with E-state index in [0.717, 1.165) is 15.7 Å². The number of carbonyl (C=O) groups is 1. The minimum atomic E-state index is 0.0148. The summed E-state index contributed by atoms with van der Waals surface area (Å²) < 4.78 is 6.24. The van der Waals surface area contributed by atoms with Gasteiger partial charge < -0.3 is 10.1 Å². The average molecular weight is 317 g/mol. The van der Waals surface area contributed by atoms with Crippen LogP contribution in [0.2, 0.25) is 0 Å². The highest BCUT2D eigenvalue weighted by Crippen LogP contribution is 2.20. The number of amides is 1. The standard InChI is InChI=1S/C11H12INO2/c12-9-3-1-2-4-10(9)13-11(14)8-5-6-15-7-8/h1-4,8H,5-7H2,(H,13,14). The van der Waals surface area contributed by atoms with Gasteiger partial charge in [-0.25, -0.2) is 0 Å². The normalized spacial score (nSPS) is 20.2. The highest BCUT2D eigenvalue weighted by atomic mass is 127. The lowest BCUT2D eigenvalue weighted by atomic mass is 10.1. The number of carbonyl (C=O) groups excluding carboxylic acids is 1. The van der Waals surface area contributed by atoms with Crippen LogP contribution < -0.4 is 5.32 Å². The van der Waals surface area contributed by atoms with Crippen molar-refractivity contribution in [3.8, 4) is 0 Å². The molecule has 1 aliphatic heterocycles. The van der Waals surface area contributed by atoms with Crippen molar-refractivity contribution in [3.05, 3.63) is 27.8 Å². The van der Waals surface area contributed by atoms with Crippen LogP contribution in [0, 0.1) is 9.49 Å². The SMILES string of the molecule is O=C(Nc1ccccc1I)C1CCOC1. The fourth-order valence-electron chi connectivity index (χ4n) is 1.54. The van der Waals surface area contributed by atoms with Gasteiger partial charge in [-0.1, -0.05) is 12.1 Å². The van der Waals surface area contributed by atoms with Gasteiger partial charge in [0.15, 0.2) is 0 Å². The summed E-state index contributed by atoms with van der Waals surface area (Å²) in [6.07, 6.45) is 0.829. The monoisotopic (exact) mass is 317 g/mol. The average Bonchev–Trinajstić information content (AvgIpc) is 2.74. The minimum Gasteiger partial charge on any atom is -0.381 e. The Kier molecular flexibility index (Phi) is 3.58. The van der Waals surface area contributed by atoms with Crippen molar-refractivity contribution in [2.45, 2.75) is 6.42 Å². The smallest absolute Gasteiger partial charge is 0.229 e. The zero-order chi connectivity index (χ0) is 10.7. The van der Waals surface area contributed by atoms with Crippen LogP contribution in [0.1, 0.15) is 6.42 Å². The molecule has 3 nitrogen and oxygen atoms in total. The lowest BCUT2D eigenvalue weighted by Gasteiger charge is -2.10. The molecule has 1 unspecified atom stereocenters. The van der Waals surface area contributed by atoms with E-state index in [1.165, 1.54) is 0 Å². The molecule has 0 saturated carbocycles. The predicted octanol–water partition coefficient (Wildman–Crippen LogP) is 2.27. The Morgan fingerprint density at radius 2 is 2.27 bits per heavy atom. The van der Waals surface area contributed by atoms with E-state index in [9.17, 15) is 4.79 Å². The second-order valence-electron chi connectivity index (χ2n) is 3.53. The number of ether oxygens (including phenoxy) is 1. The number of nitrogens with one attached hydrogen (secondary N) is 1. The van der Waals surface area contributed by atoms with E-state index in [1.54, 1.807) is 0 Å². The number of hydrogen-bond acceptors (Lipinski definition) is 2. The summed E-state index contributed by atoms with van der Waals surface area (Å²) >= 11 is 2.21. The van der Waals surface area contributed by atoms with E-state index in [1.807, 2.05) is 24.3 Å². The third-order valence-corrected chi connectivity index (χ3v) is 3.37. The van der Waals surface area contributed by atoms with Crippen molar-refractivity contribution < 1.29 is 9.53 Å². The number of rotatable bonds is 2. The van der Waals surface area contributed by atoms with Crippen molar-refractivity contribution in [3.63, 3.8) is 0 Å². The van der Waals surface area contributed by atoms with E-state index < -0.39 is 0 Å². The third kappa shape index (κ3) is 2.69. The molecule has 1 fully saturated rings. The Hall–Kier alpha value is -0.620. The lowest BCUT2D eigenvalue weighted by molar-refractivity contribution is -0.119. The number of anilines is 1. The van der Waals surface area contributed by atoms with Crippen LogP contribution in [-0.4, -0.2) is 19.1 Å². The van der Waals surface area contributed by atoms with Gasteiger partial charge in [-0.3, -0.25) is 4.79 Å². The molecule has 4 heteroatoms. The van der Waals surface area contributed by atoms with Crippen LogP contribution in [0.15, 0.2) is 24.3 Å². The first-order valence-corrected chi connectivity index (χ1v) is 5.98. The van der Waals surface area contributed by atoms with Crippen molar-refractivity contribution in [1.29, 1.82) is 0 Å². The highest BCUT2D eigenvalue weighted by Gasteiger charge is 2.23. The number of para-hydroxylation sites is 1. The summed E-state index contributed by atoms with van der Waals surface area (Å²) in [7, 11) is 0. The van der Waals surface area contributed by atoms with Crippen molar-refractivity contribution in [1.82, 2.24) is 0 Å². The molecule has 1 heterocycles. The van der Waals surface area contributed by atoms with E-state index >= 15 is 0 Å². The maximum absolute atomic E-state index is 11.8. The van der Waals surface area contributed by atoms with Crippen molar-refractivity contribution >= 4 is 34.2 Å². The molecule has 0 aromatic heterocycles. The maximum atomic E-state index is 11.8. The van der Waals surface area contributed by atoms with E-state index in [2.05, 4.69) is 27.9 Å². The van der Waals surface area contributed by atoms with Gasteiger partial charge in [0, 0.05) is 10.2 Å². The molecule has 0 spiro atoms. The molecule has 1 amide bonds. The van der Waals surface area contributed by atoms with Crippen LogP contribution in [-0.2, 0) is 9.53 Å². The summed E-state index contributed by atoms with van der Waals surface area (Å²) in [5.41, 5.74) is 0.884. The summed E-state index contributed by atoms with van der Waals surface area (Å²) in [6.45, 7) is 1.25. The molecule has 1 saturated heterocycles. The highest BCUT2D eigenvalue weighted by molar-refractivity contribution is 14.1. The Bertz CT molecular complexity index is 361. The van der Waals surface area contributed by atoms with Gasteiger partial charge in [-0.05, 0) is 41.1 Å². The molecular formula is C11H12INO2. The Labute approximate surface area is 102 Å². The summed E-state index contributed by atoms with van der Waals surface area (Å²) in [5.74, 6) is 0.0811. The van der Waals surface area contributed by atoms with Gasteiger partial charge >= 0.3 is 0 Å². The second kappa shape index (κ2) is 4.94. The van der Waals surface area contributed by atoms with Crippen LogP contribution in [0.25, 0.3) is 0 Å². The quantitative estimate of drug-likeness (QED) is 0.850. The first-order valence-electron chi connectivity index (χ1n) is 4.90. The number of halogens is 1. The molecule has 0 bridgehead atoms. The van der Waals surface area contributed by atoms with Crippen LogP contribution in [0.5, 0.6) is 0 Å². The molecule has 1 N–H and O–H groups in total. The van der Waals surface area contributed by atoms with Gasteiger partial charge in [0.25, 0.3) is 0 Å². The first kappa shape index (κ1) is 10.9. The largest absolute Gasteiger partial charge is 0.381 e. The topological polar surface area (TPSA) is 38.3 Å². The molecule has 2 rings (SSSR count). The summed E-state index contributed by atoms with van der Waals surface area (Å²) in [5, 5.41) is 2.93. The van der Waals surface area contributed by atoms with Gasteiger partial charge in [0.1, 0.15) is 0 Å². The molecule has 0 aliphatic carbocycles. The van der Waals surface area contributed by atoms with Gasteiger partial charge in [0.05, 0.1) is 18.2 Å². The predicted molar refractivity (Wildman–Crippen MR) is 66.7 cm³/mol. The van der Waals surface area contributed by atoms with Crippen molar-refractivity contribution in [2.75, 3.05) is 18.5 Å². The molecule has 1 atom stereocenters. The molecule has 15 heavy (non-hydrogen) atoms.